The molecule has 156 valence electrons. The number of nitrogens with one attached hydrogen (secondary N) is 2. The van der Waals surface area contributed by atoms with Crippen molar-refractivity contribution in [3.8, 4) is 0 Å². The molecule has 0 aromatic carbocycles. The van der Waals surface area contributed by atoms with Crippen molar-refractivity contribution in [1.29, 1.82) is 0 Å². The predicted octanol–water partition coefficient (Wildman–Crippen LogP) is 1.79. The molecular formula is C18H34IN5O3. The quantitative estimate of drug-likeness (QED) is 0.345. The van der Waals surface area contributed by atoms with E-state index in [1.165, 1.54) is 19.3 Å². The highest BCUT2D eigenvalue weighted by Crippen LogP contribution is 2.17. The summed E-state index contributed by atoms with van der Waals surface area (Å²) in [4.78, 5) is 32.3. The first-order valence-corrected chi connectivity index (χ1v) is 9.88. The average molecular weight is 495 g/mol. The summed E-state index contributed by atoms with van der Waals surface area (Å²) in [7, 11) is 0. The summed E-state index contributed by atoms with van der Waals surface area (Å²) in [5.41, 5.74) is 0. The fraction of sp³-hybridized carbons (Fsp3) is 0.833. The molecule has 2 N–H and O–H groups in total. The summed E-state index contributed by atoms with van der Waals surface area (Å²) in [6.07, 6.45) is 5.55. The van der Waals surface area contributed by atoms with E-state index in [4.69, 9.17) is 4.74 Å². The van der Waals surface area contributed by atoms with Crippen molar-refractivity contribution < 1.29 is 14.3 Å². The second-order valence-electron chi connectivity index (χ2n) is 6.75. The van der Waals surface area contributed by atoms with Gasteiger partial charge in [-0.15, -0.1) is 24.0 Å². The van der Waals surface area contributed by atoms with Gasteiger partial charge in [0.1, 0.15) is 6.54 Å². The Kier molecular flexibility index (Phi) is 11.5. The van der Waals surface area contributed by atoms with Gasteiger partial charge < -0.3 is 25.2 Å². The Labute approximate surface area is 179 Å². The van der Waals surface area contributed by atoms with Crippen LogP contribution < -0.4 is 10.6 Å². The summed E-state index contributed by atoms with van der Waals surface area (Å²) in [5.74, 6) is 0.715. The minimum absolute atomic E-state index is 0. The monoisotopic (exact) mass is 495 g/mol. The van der Waals surface area contributed by atoms with Crippen molar-refractivity contribution in [3.05, 3.63) is 0 Å². The van der Waals surface area contributed by atoms with Crippen molar-refractivity contribution in [2.45, 2.75) is 52.0 Å². The molecule has 0 aromatic heterocycles. The van der Waals surface area contributed by atoms with E-state index in [1.807, 2.05) is 13.8 Å². The number of halogens is 1. The van der Waals surface area contributed by atoms with E-state index in [2.05, 4.69) is 20.5 Å². The van der Waals surface area contributed by atoms with Crippen LogP contribution in [-0.4, -0.2) is 79.7 Å². The highest BCUT2D eigenvalue weighted by atomic mass is 127. The highest BCUT2D eigenvalue weighted by Gasteiger charge is 2.24. The van der Waals surface area contributed by atoms with Crippen LogP contribution in [0.2, 0.25) is 0 Å². The van der Waals surface area contributed by atoms with Gasteiger partial charge >= 0.3 is 6.09 Å². The first-order chi connectivity index (χ1) is 12.6. The SMILES string of the molecule is CCNC(=NCC(=O)NC1CCCCC1)N1CCN(C(=O)OCC)CC1.I. The minimum Gasteiger partial charge on any atom is -0.450 e. The van der Waals surface area contributed by atoms with E-state index in [9.17, 15) is 9.59 Å². The number of ether oxygens (including phenoxy) is 1. The minimum atomic E-state index is -0.263. The van der Waals surface area contributed by atoms with Crippen molar-refractivity contribution >= 4 is 41.9 Å². The molecule has 0 spiro atoms. The number of hydrogen-bond acceptors (Lipinski definition) is 4. The zero-order chi connectivity index (χ0) is 18.8. The van der Waals surface area contributed by atoms with Gasteiger partial charge in [-0.05, 0) is 26.7 Å². The number of aliphatic imine (C=N–C) groups is 1. The Morgan fingerprint density at radius 1 is 1.04 bits per heavy atom. The van der Waals surface area contributed by atoms with Crippen LogP contribution in [0.3, 0.4) is 0 Å². The lowest BCUT2D eigenvalue weighted by atomic mass is 9.95. The zero-order valence-electron chi connectivity index (χ0n) is 16.5. The maximum Gasteiger partial charge on any atom is 0.409 e. The van der Waals surface area contributed by atoms with E-state index in [1.54, 1.807) is 4.90 Å². The fourth-order valence-electron chi connectivity index (χ4n) is 3.41. The van der Waals surface area contributed by atoms with Crippen molar-refractivity contribution in [2.24, 2.45) is 4.99 Å². The van der Waals surface area contributed by atoms with Crippen LogP contribution in [0.25, 0.3) is 0 Å². The molecule has 1 aliphatic heterocycles. The Morgan fingerprint density at radius 3 is 2.26 bits per heavy atom. The van der Waals surface area contributed by atoms with E-state index in [0.29, 0.717) is 38.8 Å². The van der Waals surface area contributed by atoms with Gasteiger partial charge in [0.25, 0.3) is 0 Å². The molecule has 0 aromatic rings. The highest BCUT2D eigenvalue weighted by molar-refractivity contribution is 14.0. The molecule has 2 amide bonds. The smallest absolute Gasteiger partial charge is 0.409 e. The Morgan fingerprint density at radius 2 is 1.67 bits per heavy atom. The van der Waals surface area contributed by atoms with Crippen LogP contribution >= 0.6 is 24.0 Å². The van der Waals surface area contributed by atoms with Crippen LogP contribution in [0.15, 0.2) is 4.99 Å². The van der Waals surface area contributed by atoms with Gasteiger partial charge in [0.05, 0.1) is 6.61 Å². The van der Waals surface area contributed by atoms with Crippen LogP contribution in [0, 0.1) is 0 Å². The lowest BCUT2D eigenvalue weighted by molar-refractivity contribution is -0.120. The molecule has 0 radical (unpaired) electrons. The van der Waals surface area contributed by atoms with Crippen LogP contribution in [0.4, 0.5) is 4.79 Å². The van der Waals surface area contributed by atoms with E-state index >= 15 is 0 Å². The topological polar surface area (TPSA) is 86.3 Å². The normalized spacial score (nSPS) is 18.5. The summed E-state index contributed by atoms with van der Waals surface area (Å²) in [6.45, 7) is 7.62. The number of piperazine rings is 1. The molecule has 1 saturated carbocycles. The molecule has 0 atom stereocenters. The maximum atomic E-state index is 12.2. The summed E-state index contributed by atoms with van der Waals surface area (Å²) < 4.78 is 5.05. The first-order valence-electron chi connectivity index (χ1n) is 9.88. The number of hydrogen-bond donors (Lipinski definition) is 2. The predicted molar refractivity (Wildman–Crippen MR) is 117 cm³/mol. The fourth-order valence-corrected chi connectivity index (χ4v) is 3.41. The third kappa shape index (κ3) is 8.10. The Balaban J connectivity index is 0.00000364. The van der Waals surface area contributed by atoms with Crippen LogP contribution in [0.5, 0.6) is 0 Å². The molecule has 8 nitrogen and oxygen atoms in total. The van der Waals surface area contributed by atoms with E-state index in [0.717, 1.165) is 25.3 Å². The molecule has 2 aliphatic rings. The van der Waals surface area contributed by atoms with Crippen LogP contribution in [0.1, 0.15) is 46.0 Å². The first kappa shape index (κ1) is 23.8. The lowest BCUT2D eigenvalue weighted by Crippen LogP contribution is -2.54. The summed E-state index contributed by atoms with van der Waals surface area (Å²) in [6, 6.07) is 0.308. The molecular weight excluding hydrogens is 461 g/mol. The molecule has 27 heavy (non-hydrogen) atoms. The van der Waals surface area contributed by atoms with Crippen molar-refractivity contribution in [1.82, 2.24) is 20.4 Å². The second-order valence-corrected chi connectivity index (χ2v) is 6.75. The molecule has 0 bridgehead atoms. The standard InChI is InChI=1S/C18H33N5O3.HI/c1-3-19-17(20-14-16(24)21-15-8-6-5-7-9-15)22-10-12-23(13-11-22)18(25)26-4-2;/h15H,3-14H2,1-2H3,(H,19,20)(H,21,24);1H. The average Bonchev–Trinajstić information content (AvgIpc) is 2.66. The zero-order valence-corrected chi connectivity index (χ0v) is 18.9. The second kappa shape index (κ2) is 13.0. The Bertz CT molecular complexity index is 489. The van der Waals surface area contributed by atoms with Gasteiger partial charge in [0.15, 0.2) is 5.96 Å². The number of amides is 2. The van der Waals surface area contributed by atoms with E-state index < -0.39 is 0 Å². The van der Waals surface area contributed by atoms with Crippen LogP contribution in [-0.2, 0) is 9.53 Å². The number of guanidine groups is 1. The van der Waals surface area contributed by atoms with Gasteiger partial charge in [-0.2, -0.15) is 0 Å². The maximum absolute atomic E-state index is 12.2. The number of carbonyl (C=O) groups is 2. The third-order valence-electron chi connectivity index (χ3n) is 4.78. The number of nitrogens with zero attached hydrogens (tertiary/aromatic N) is 3. The molecule has 2 rings (SSSR count). The molecule has 1 saturated heterocycles. The molecule has 1 aliphatic carbocycles. The number of rotatable bonds is 5. The number of carbonyl (C=O) groups excluding carboxylic acids is 2. The van der Waals surface area contributed by atoms with Crippen molar-refractivity contribution in [2.75, 3.05) is 45.9 Å². The largest absolute Gasteiger partial charge is 0.450 e. The molecule has 0 unspecified atom stereocenters. The Hall–Kier alpha value is -1.26. The van der Waals surface area contributed by atoms with Gasteiger partial charge in [0, 0.05) is 38.8 Å². The van der Waals surface area contributed by atoms with E-state index in [-0.39, 0.29) is 42.5 Å². The third-order valence-corrected chi connectivity index (χ3v) is 4.78. The molecule has 1 heterocycles. The van der Waals surface area contributed by atoms with Gasteiger partial charge in [0.2, 0.25) is 5.91 Å². The van der Waals surface area contributed by atoms with Gasteiger partial charge in [-0.25, -0.2) is 9.79 Å². The van der Waals surface area contributed by atoms with Gasteiger partial charge in [-0.3, -0.25) is 4.79 Å². The molecule has 2 fully saturated rings. The molecule has 9 heteroatoms. The van der Waals surface area contributed by atoms with Crippen molar-refractivity contribution in [3.63, 3.8) is 0 Å². The summed E-state index contributed by atoms with van der Waals surface area (Å²) >= 11 is 0. The lowest BCUT2D eigenvalue weighted by Gasteiger charge is -2.35. The van der Waals surface area contributed by atoms with Gasteiger partial charge in [-0.1, -0.05) is 19.3 Å². The summed E-state index contributed by atoms with van der Waals surface area (Å²) in [5, 5.41) is 6.34.